The maximum absolute atomic E-state index is 12.5. The molecule has 0 saturated heterocycles. The fourth-order valence-corrected chi connectivity index (χ4v) is 2.80. The summed E-state index contributed by atoms with van der Waals surface area (Å²) in [6, 6.07) is 5.68. The molecule has 3 nitrogen and oxygen atoms in total. The zero-order valence-corrected chi connectivity index (χ0v) is 12.9. The van der Waals surface area contributed by atoms with Gasteiger partial charge in [-0.3, -0.25) is 4.79 Å². The van der Waals surface area contributed by atoms with E-state index in [1.807, 2.05) is 25.1 Å². The molecular formula is C14H20Cl2N2O. The SMILES string of the molecule is CCCC(C)(N)C(=O)N1CCc2c(Cl)cccc21.Cl. The van der Waals surface area contributed by atoms with Crippen LogP contribution in [0.5, 0.6) is 0 Å². The van der Waals surface area contributed by atoms with E-state index in [4.69, 9.17) is 17.3 Å². The van der Waals surface area contributed by atoms with Crippen LogP contribution in [0.4, 0.5) is 5.69 Å². The van der Waals surface area contributed by atoms with E-state index in [1.54, 1.807) is 11.8 Å². The molecule has 1 heterocycles. The molecule has 1 aliphatic heterocycles. The molecule has 2 rings (SSSR count). The van der Waals surface area contributed by atoms with Gasteiger partial charge in [0.2, 0.25) is 5.91 Å². The molecule has 1 amide bonds. The van der Waals surface area contributed by atoms with Gasteiger partial charge in [-0.2, -0.15) is 0 Å². The Morgan fingerprint density at radius 2 is 2.21 bits per heavy atom. The fourth-order valence-electron chi connectivity index (χ4n) is 2.54. The Kier molecular flexibility index (Phi) is 5.25. The lowest BCUT2D eigenvalue weighted by atomic mass is 9.95. The van der Waals surface area contributed by atoms with Crippen molar-refractivity contribution >= 4 is 35.6 Å². The predicted molar refractivity (Wildman–Crippen MR) is 82.3 cm³/mol. The van der Waals surface area contributed by atoms with Crippen LogP contribution in [0.15, 0.2) is 18.2 Å². The average molecular weight is 303 g/mol. The highest BCUT2D eigenvalue weighted by molar-refractivity contribution is 6.32. The van der Waals surface area contributed by atoms with Crippen molar-refractivity contribution in [2.45, 2.75) is 38.6 Å². The molecule has 0 aliphatic carbocycles. The van der Waals surface area contributed by atoms with Gasteiger partial charge in [0.15, 0.2) is 0 Å². The molecule has 0 radical (unpaired) electrons. The van der Waals surface area contributed by atoms with E-state index < -0.39 is 5.54 Å². The van der Waals surface area contributed by atoms with Gasteiger partial charge in [0.25, 0.3) is 0 Å². The second-order valence-corrected chi connectivity index (χ2v) is 5.52. The third-order valence-electron chi connectivity index (χ3n) is 3.47. The zero-order chi connectivity index (χ0) is 13.3. The van der Waals surface area contributed by atoms with E-state index in [0.29, 0.717) is 13.0 Å². The highest BCUT2D eigenvalue weighted by Crippen LogP contribution is 2.34. The van der Waals surface area contributed by atoms with E-state index in [1.165, 1.54) is 0 Å². The van der Waals surface area contributed by atoms with Crippen LogP contribution in [0.3, 0.4) is 0 Å². The second kappa shape index (κ2) is 6.12. The van der Waals surface area contributed by atoms with Crippen molar-refractivity contribution in [3.63, 3.8) is 0 Å². The lowest BCUT2D eigenvalue weighted by Gasteiger charge is -2.29. The van der Waals surface area contributed by atoms with E-state index in [0.717, 1.165) is 29.1 Å². The summed E-state index contributed by atoms with van der Waals surface area (Å²) in [5.41, 5.74) is 7.30. The topological polar surface area (TPSA) is 46.3 Å². The molecule has 1 aromatic carbocycles. The summed E-state index contributed by atoms with van der Waals surface area (Å²) < 4.78 is 0. The number of halogens is 2. The Labute approximate surface area is 125 Å². The van der Waals surface area contributed by atoms with Crippen molar-refractivity contribution < 1.29 is 4.79 Å². The molecule has 0 bridgehead atoms. The summed E-state index contributed by atoms with van der Waals surface area (Å²) in [7, 11) is 0. The lowest BCUT2D eigenvalue weighted by Crippen LogP contribution is -2.53. The van der Waals surface area contributed by atoms with Crippen molar-refractivity contribution in [2.24, 2.45) is 5.73 Å². The Hall–Kier alpha value is -0.770. The van der Waals surface area contributed by atoms with E-state index in [-0.39, 0.29) is 18.3 Å². The Bertz CT molecular complexity index is 475. The highest BCUT2D eigenvalue weighted by Gasteiger charge is 2.35. The summed E-state index contributed by atoms with van der Waals surface area (Å²) in [5.74, 6) is -0.00892. The van der Waals surface area contributed by atoms with Crippen LogP contribution in [0.1, 0.15) is 32.3 Å². The van der Waals surface area contributed by atoms with Crippen molar-refractivity contribution in [1.29, 1.82) is 0 Å². The Balaban J connectivity index is 0.00000180. The number of hydrogen-bond donors (Lipinski definition) is 1. The number of amides is 1. The summed E-state index contributed by atoms with van der Waals surface area (Å²) in [4.78, 5) is 14.3. The summed E-state index contributed by atoms with van der Waals surface area (Å²) in [6.45, 7) is 4.52. The number of nitrogens with zero attached hydrogens (tertiary/aromatic N) is 1. The predicted octanol–water partition coefficient (Wildman–Crippen LogP) is 3.17. The fraction of sp³-hybridized carbons (Fsp3) is 0.500. The third kappa shape index (κ3) is 3.04. The van der Waals surface area contributed by atoms with Crippen LogP contribution in [0.2, 0.25) is 5.02 Å². The van der Waals surface area contributed by atoms with Crippen LogP contribution >= 0.6 is 24.0 Å². The first-order valence-electron chi connectivity index (χ1n) is 6.35. The van der Waals surface area contributed by atoms with Crippen LogP contribution in [-0.2, 0) is 11.2 Å². The van der Waals surface area contributed by atoms with Gasteiger partial charge < -0.3 is 10.6 Å². The Morgan fingerprint density at radius 1 is 1.53 bits per heavy atom. The quantitative estimate of drug-likeness (QED) is 0.932. The molecule has 0 spiro atoms. The molecular weight excluding hydrogens is 283 g/mol. The molecule has 0 aromatic heterocycles. The number of hydrogen-bond acceptors (Lipinski definition) is 2. The van der Waals surface area contributed by atoms with Crippen LogP contribution in [0.25, 0.3) is 0 Å². The minimum absolute atomic E-state index is 0. The number of carbonyl (C=O) groups excluding carboxylic acids is 1. The number of nitrogens with two attached hydrogens (primary N) is 1. The van der Waals surface area contributed by atoms with Crippen LogP contribution < -0.4 is 10.6 Å². The molecule has 1 atom stereocenters. The number of rotatable bonds is 3. The van der Waals surface area contributed by atoms with E-state index in [9.17, 15) is 4.79 Å². The van der Waals surface area contributed by atoms with Crippen molar-refractivity contribution in [1.82, 2.24) is 0 Å². The molecule has 19 heavy (non-hydrogen) atoms. The third-order valence-corrected chi connectivity index (χ3v) is 3.83. The van der Waals surface area contributed by atoms with E-state index in [2.05, 4.69) is 0 Å². The minimum atomic E-state index is -0.793. The number of carbonyl (C=O) groups is 1. The highest BCUT2D eigenvalue weighted by atomic mass is 35.5. The number of benzene rings is 1. The first-order valence-corrected chi connectivity index (χ1v) is 6.73. The van der Waals surface area contributed by atoms with Crippen LogP contribution in [-0.4, -0.2) is 18.0 Å². The van der Waals surface area contributed by atoms with Gasteiger partial charge in [-0.25, -0.2) is 0 Å². The Morgan fingerprint density at radius 3 is 2.84 bits per heavy atom. The average Bonchev–Trinajstić information content (AvgIpc) is 2.73. The van der Waals surface area contributed by atoms with Crippen molar-refractivity contribution in [3.8, 4) is 0 Å². The summed E-state index contributed by atoms with van der Waals surface area (Å²) in [5, 5.41) is 0.733. The molecule has 1 aromatic rings. The van der Waals surface area contributed by atoms with Crippen LogP contribution in [0, 0.1) is 0 Å². The molecule has 0 fully saturated rings. The monoisotopic (exact) mass is 302 g/mol. The van der Waals surface area contributed by atoms with Gasteiger partial charge in [0.05, 0.1) is 5.54 Å². The standard InChI is InChI=1S/C14H19ClN2O.ClH/c1-3-8-14(2,16)13(18)17-9-7-10-11(15)5-4-6-12(10)17;/h4-6H,3,7-9,16H2,1-2H3;1H. The summed E-state index contributed by atoms with van der Waals surface area (Å²) in [6.07, 6.45) is 2.40. The van der Waals surface area contributed by atoms with Crippen molar-refractivity contribution in [3.05, 3.63) is 28.8 Å². The van der Waals surface area contributed by atoms with E-state index >= 15 is 0 Å². The van der Waals surface area contributed by atoms with Gasteiger partial charge in [-0.1, -0.05) is 31.0 Å². The molecule has 0 saturated carbocycles. The van der Waals surface area contributed by atoms with Gasteiger partial charge in [-0.05, 0) is 37.5 Å². The maximum atomic E-state index is 12.5. The summed E-state index contributed by atoms with van der Waals surface area (Å²) >= 11 is 6.15. The molecule has 106 valence electrons. The lowest BCUT2D eigenvalue weighted by molar-refractivity contribution is -0.123. The number of fused-ring (bicyclic) bond motifs is 1. The maximum Gasteiger partial charge on any atom is 0.246 e. The van der Waals surface area contributed by atoms with Gasteiger partial charge in [-0.15, -0.1) is 12.4 Å². The first kappa shape index (κ1) is 16.3. The largest absolute Gasteiger partial charge is 0.318 e. The number of anilines is 1. The first-order chi connectivity index (χ1) is 8.47. The minimum Gasteiger partial charge on any atom is -0.318 e. The van der Waals surface area contributed by atoms with Gasteiger partial charge >= 0.3 is 0 Å². The molecule has 1 aliphatic rings. The zero-order valence-electron chi connectivity index (χ0n) is 11.3. The molecule has 1 unspecified atom stereocenters. The van der Waals surface area contributed by atoms with Gasteiger partial charge in [0.1, 0.15) is 0 Å². The second-order valence-electron chi connectivity index (χ2n) is 5.11. The normalized spacial score (nSPS) is 16.5. The smallest absolute Gasteiger partial charge is 0.246 e. The van der Waals surface area contributed by atoms with Crippen molar-refractivity contribution in [2.75, 3.05) is 11.4 Å². The molecule has 5 heteroatoms. The van der Waals surface area contributed by atoms with Gasteiger partial charge in [0, 0.05) is 17.3 Å². The molecule has 2 N–H and O–H groups in total.